The summed E-state index contributed by atoms with van der Waals surface area (Å²) >= 11 is 0. The molecule has 8 saturated heterocycles. The number of piperidine rings is 5. The van der Waals surface area contributed by atoms with Gasteiger partial charge >= 0.3 is 0 Å². The molecule has 20 heteroatoms. The first-order valence-corrected chi connectivity index (χ1v) is 49.2. The maximum Gasteiger partial charge on any atom is 0.222 e. The third-order valence-corrected chi connectivity index (χ3v) is 27.7. The zero-order valence-electron chi connectivity index (χ0n) is 83.2. The van der Waals surface area contributed by atoms with E-state index in [1.807, 2.05) is 61.0 Å². The van der Waals surface area contributed by atoms with Gasteiger partial charge in [-0.3, -0.25) is 49.6 Å². The van der Waals surface area contributed by atoms with Crippen LogP contribution in [0.25, 0.3) is 0 Å². The minimum Gasteiger partial charge on any atom is -0.385 e. The van der Waals surface area contributed by atoms with Crippen molar-refractivity contribution >= 4 is 5.91 Å². The van der Waals surface area contributed by atoms with Gasteiger partial charge in [0.2, 0.25) is 5.91 Å². The predicted molar refractivity (Wildman–Crippen MR) is 528 cm³/mol. The molecular weight excluding hydrogens is 1600 g/mol. The minimum absolute atomic E-state index is 0.245. The van der Waals surface area contributed by atoms with E-state index in [1.165, 1.54) is 113 Å². The monoisotopic (exact) mass is 1770 g/mol. The number of aliphatic hydroxyl groups is 2. The van der Waals surface area contributed by atoms with Crippen molar-refractivity contribution in [3.63, 3.8) is 0 Å². The third kappa shape index (κ3) is 33.2. The van der Waals surface area contributed by atoms with Gasteiger partial charge in [-0.15, -0.1) is 0 Å². The molecule has 1 amide bonds. The van der Waals surface area contributed by atoms with Crippen LogP contribution in [0, 0.1) is 0 Å². The molecule has 8 aliphatic rings. The Morgan fingerprint density at radius 3 is 1.01 bits per heavy atom. The van der Waals surface area contributed by atoms with Gasteiger partial charge in [0.1, 0.15) is 0 Å². The van der Waals surface area contributed by atoms with Crippen LogP contribution >= 0.6 is 0 Å². The van der Waals surface area contributed by atoms with Crippen LogP contribution in [0.5, 0.6) is 0 Å². The van der Waals surface area contributed by atoms with Crippen LogP contribution in [0.1, 0.15) is 370 Å². The smallest absolute Gasteiger partial charge is 0.222 e. The number of carbonyl (C=O) groups excluding carboxylic acids is 1. The summed E-state index contributed by atoms with van der Waals surface area (Å²) < 4.78 is 16.0. The van der Waals surface area contributed by atoms with E-state index >= 15 is 0 Å². The topological polar surface area (TPSA) is 225 Å². The maximum atomic E-state index is 11.7. The third-order valence-electron chi connectivity index (χ3n) is 27.7. The number of nitrogens with one attached hydrogen (secondary N) is 2. The fraction of sp³-hybridized carbons (Fsp3) is 0.624. The molecule has 708 valence electrons. The van der Waals surface area contributed by atoms with Crippen molar-refractivity contribution in [2.24, 2.45) is 0 Å². The second kappa shape index (κ2) is 52.1. The van der Waals surface area contributed by atoms with Gasteiger partial charge in [-0.2, -0.15) is 0 Å². The molecular formula is C109H166N14O6. The van der Waals surface area contributed by atoms with E-state index in [4.69, 9.17) is 14.2 Å². The van der Waals surface area contributed by atoms with Gasteiger partial charge in [-0.05, 0) is 282 Å². The number of pyridine rings is 8. The lowest BCUT2D eigenvalue weighted by molar-refractivity contribution is -0.132. The van der Waals surface area contributed by atoms with Gasteiger partial charge in [0.25, 0.3) is 0 Å². The standard InChI is InChI=1S/C15H24N2.C14H22N2O.C14H20N2O.C14H22N2.C13H20N2O.C13H20N2.C13H19NO2.C13H19NO/c1-12(2)14-6-5-13(11-16-14)15(3)7-9-17(4)10-8-15;1-11(2)13-5-4-12(10-15-13)14(17)6-8-16(3)9-7-14;1-10(2)13-5-4-12(9-15-13)11-6-7-16(3)14(17)8-11;1-11(2)13-5-4-12(10-16-13)14(3)6-8-15-9-7-14;1-11(2)13-4-3-12(9-14-13)10-15-5-7-16-8-6-15;1-10(2)13-4-3-12(9-15-13)11-5-7-14-8-6-11;1-10(2)12-4-3-11(9-14-12)13(15)5-7-16-8-6-13;1-10(2)13-4-3-12(9-14-13)11-5-7-15-8-6-11/h5-6,11-12H,7-10H2,1-4H3;4-5,10-11,17H,6-9H2,1-3H3;4-5,9-11H,6-8H2,1-3H3;4-5,10-11,15H,6-9H2,1-3H3;3-4,9,11H,5-8,10H2,1-2H3;3-4,9-11,14H,5-8H2,1-2H3;3-4,9-10,15H,5-8H2,1-2H3;3-4,9-11H,5-8H2,1-2H3. The van der Waals surface area contributed by atoms with Crippen LogP contribution in [-0.4, -0.2) is 208 Å². The second-order valence-electron chi connectivity index (χ2n) is 40.7. The van der Waals surface area contributed by atoms with Crippen molar-refractivity contribution in [1.29, 1.82) is 0 Å². The van der Waals surface area contributed by atoms with E-state index in [9.17, 15) is 15.0 Å². The molecule has 8 aromatic heterocycles. The van der Waals surface area contributed by atoms with Crippen molar-refractivity contribution in [2.45, 2.75) is 308 Å². The summed E-state index contributed by atoms with van der Waals surface area (Å²) in [5.41, 5.74) is 18.5. The second-order valence-corrected chi connectivity index (χ2v) is 40.7. The molecule has 4 N–H and O–H groups in total. The fourth-order valence-electron chi connectivity index (χ4n) is 17.5. The Labute approximate surface area is 778 Å². The average molecular weight is 1770 g/mol. The van der Waals surface area contributed by atoms with E-state index in [0.29, 0.717) is 102 Å². The first-order chi connectivity index (χ1) is 61.6. The van der Waals surface area contributed by atoms with Crippen LogP contribution in [0.3, 0.4) is 0 Å². The molecule has 16 heterocycles. The number of morpholine rings is 1. The molecule has 20 nitrogen and oxygen atoms in total. The molecule has 129 heavy (non-hydrogen) atoms. The molecule has 8 aromatic rings. The molecule has 1 atom stereocenters. The largest absolute Gasteiger partial charge is 0.385 e. The van der Waals surface area contributed by atoms with Gasteiger partial charge in [-0.1, -0.05) is 173 Å². The van der Waals surface area contributed by atoms with Crippen LogP contribution in [-0.2, 0) is 47.6 Å². The lowest BCUT2D eigenvalue weighted by Crippen LogP contribution is -2.40. The van der Waals surface area contributed by atoms with Crippen LogP contribution in [0.4, 0.5) is 0 Å². The highest BCUT2D eigenvalue weighted by molar-refractivity contribution is 5.77. The van der Waals surface area contributed by atoms with E-state index < -0.39 is 11.2 Å². The number of aromatic nitrogens is 8. The minimum atomic E-state index is -0.735. The van der Waals surface area contributed by atoms with Crippen molar-refractivity contribution in [2.75, 3.05) is 133 Å². The first-order valence-electron chi connectivity index (χ1n) is 49.2. The predicted octanol–water partition coefficient (Wildman–Crippen LogP) is 20.7. The lowest BCUT2D eigenvalue weighted by Gasteiger charge is -2.38. The zero-order chi connectivity index (χ0) is 93.3. The summed E-state index contributed by atoms with van der Waals surface area (Å²) in [5.74, 6) is 5.93. The SMILES string of the molecule is CC(C)c1ccc(C2(C)CCN(C)CC2)cn1.CC(C)c1ccc(C2(C)CCNCC2)cn1.CC(C)c1ccc(C2(O)CCN(C)CC2)cn1.CC(C)c1ccc(C2(O)CCOCC2)cn1.CC(C)c1ccc(C2CCN(C)C(=O)C2)cn1.CC(C)c1ccc(C2CCNCC2)cn1.CC(C)c1ccc(C2CCOCC2)cn1.CC(C)c1ccc(CN2CCOCC2)cn1. The van der Waals surface area contributed by atoms with Gasteiger partial charge < -0.3 is 49.8 Å². The van der Waals surface area contributed by atoms with E-state index in [2.05, 4.69) is 295 Å². The highest BCUT2D eigenvalue weighted by Gasteiger charge is 2.36. The zero-order valence-corrected chi connectivity index (χ0v) is 83.2. The Kier molecular flexibility index (Phi) is 42.4. The number of hydrogen-bond donors (Lipinski definition) is 4. The van der Waals surface area contributed by atoms with Gasteiger partial charge in [-0.25, -0.2) is 0 Å². The van der Waals surface area contributed by atoms with Gasteiger partial charge in [0, 0.05) is 198 Å². The Hall–Kier alpha value is -7.73. The summed E-state index contributed by atoms with van der Waals surface area (Å²) in [6.45, 7) is 56.9. The normalized spacial score (nSPS) is 19.7. The van der Waals surface area contributed by atoms with E-state index in [-0.39, 0.29) is 5.91 Å². The van der Waals surface area contributed by atoms with Crippen molar-refractivity contribution in [3.05, 3.63) is 237 Å². The maximum absolute atomic E-state index is 11.7. The number of rotatable bonds is 17. The highest BCUT2D eigenvalue weighted by Crippen LogP contribution is 2.39. The summed E-state index contributed by atoms with van der Waals surface area (Å²) in [6, 6.07) is 34.4. The first kappa shape index (κ1) is 105. The molecule has 0 spiro atoms. The molecule has 16 rings (SSSR count). The molecule has 1 unspecified atom stereocenters. The van der Waals surface area contributed by atoms with Gasteiger partial charge in [0.15, 0.2) is 0 Å². The average Bonchev–Trinajstić information content (AvgIpc) is 0.807. The number of carbonyl (C=O) groups is 1. The number of ether oxygens (including phenoxy) is 3. The quantitative estimate of drug-likeness (QED) is 0.0665. The van der Waals surface area contributed by atoms with Crippen molar-refractivity contribution in [3.8, 4) is 0 Å². The number of nitrogens with zero attached hydrogens (tertiary/aromatic N) is 12. The lowest BCUT2D eigenvalue weighted by atomic mass is 9.75. The molecule has 0 aromatic carbocycles. The molecule has 0 radical (unpaired) electrons. The molecule has 0 bridgehead atoms. The Bertz CT molecular complexity index is 4210. The van der Waals surface area contributed by atoms with Crippen LogP contribution in [0.15, 0.2) is 147 Å². The Balaban J connectivity index is 0.000000166. The van der Waals surface area contributed by atoms with Crippen LogP contribution in [0.2, 0.25) is 0 Å². The molecule has 8 aliphatic heterocycles. The highest BCUT2D eigenvalue weighted by atomic mass is 16.5. The number of likely N-dealkylation sites (tertiary alicyclic amines) is 3. The summed E-state index contributed by atoms with van der Waals surface area (Å²) in [6.07, 6.45) is 30.2. The van der Waals surface area contributed by atoms with Crippen LogP contribution < -0.4 is 10.6 Å². The summed E-state index contributed by atoms with van der Waals surface area (Å²) in [5, 5.41) is 27.9. The molecule has 0 aliphatic carbocycles. The Morgan fingerprint density at radius 2 is 0.651 bits per heavy atom. The van der Waals surface area contributed by atoms with E-state index in [0.717, 1.165) is 158 Å². The Morgan fingerprint density at radius 1 is 0.333 bits per heavy atom. The molecule has 0 saturated carbocycles. The van der Waals surface area contributed by atoms with Crippen molar-refractivity contribution < 1.29 is 29.2 Å². The van der Waals surface area contributed by atoms with E-state index in [1.54, 1.807) is 6.20 Å². The summed E-state index contributed by atoms with van der Waals surface area (Å²) in [4.78, 5) is 56.6. The van der Waals surface area contributed by atoms with Gasteiger partial charge in [0.05, 0.1) is 24.4 Å². The fourth-order valence-corrected chi connectivity index (χ4v) is 17.5. The molecule has 8 fully saturated rings. The summed E-state index contributed by atoms with van der Waals surface area (Å²) in [7, 11) is 6.18. The number of hydrogen-bond acceptors (Lipinski definition) is 19. The number of amides is 1. The van der Waals surface area contributed by atoms with Crippen molar-refractivity contribution in [1.82, 2.24) is 70.1 Å².